The fourth-order valence-electron chi connectivity index (χ4n) is 8.42. The average molecular weight is 699 g/mol. The van der Waals surface area contributed by atoms with Crippen LogP contribution in [0.2, 0.25) is 0 Å². The molecule has 0 bridgehead atoms. The molecule has 54 heavy (non-hydrogen) atoms. The van der Waals surface area contributed by atoms with Gasteiger partial charge in [0, 0.05) is 73.5 Å². The Morgan fingerprint density at radius 2 is 0.926 bits per heavy atom. The van der Waals surface area contributed by atoms with Gasteiger partial charge in [-0.15, -0.1) is 0 Å². The first-order chi connectivity index (χ1) is 26.4. The normalized spacial score (nSPS) is 11.9. The van der Waals surface area contributed by atoms with Gasteiger partial charge in [0.05, 0.1) is 0 Å². The van der Waals surface area contributed by atoms with Crippen LogP contribution >= 0.6 is 0 Å². The minimum Gasteiger partial charge on any atom is -0.456 e. The number of aryl methyl sites for hydroxylation is 4. The predicted octanol–water partition coefficient (Wildman–Crippen LogP) is 14.7. The van der Waals surface area contributed by atoms with Crippen LogP contribution in [0.4, 0.5) is 34.1 Å². The number of nitrogens with zero attached hydrogens (tertiary/aromatic N) is 2. The summed E-state index contributed by atoms with van der Waals surface area (Å²) >= 11 is 0. The van der Waals surface area contributed by atoms with Crippen molar-refractivity contribution in [1.82, 2.24) is 0 Å². The number of para-hydroxylation sites is 2. The Kier molecular flexibility index (Phi) is 7.34. The molecule has 9 aromatic rings. The van der Waals surface area contributed by atoms with E-state index in [9.17, 15) is 0 Å². The largest absolute Gasteiger partial charge is 0.456 e. The molecule has 0 aliphatic carbocycles. The molecule has 0 fully saturated rings. The van der Waals surface area contributed by atoms with Crippen LogP contribution in [0, 0.1) is 27.7 Å². The number of rotatable bonds is 6. The molecule has 1 aromatic heterocycles. The zero-order valence-electron chi connectivity index (χ0n) is 30.7. The van der Waals surface area contributed by atoms with E-state index < -0.39 is 0 Å². The molecule has 4 nitrogen and oxygen atoms in total. The summed E-state index contributed by atoms with van der Waals surface area (Å²) in [6.07, 6.45) is 0. The van der Waals surface area contributed by atoms with Crippen LogP contribution in [0.15, 0.2) is 162 Å². The van der Waals surface area contributed by atoms with Crippen molar-refractivity contribution >= 4 is 66.8 Å². The molecule has 0 saturated carbocycles. The number of hydrogen-bond donors (Lipinski definition) is 0. The summed E-state index contributed by atoms with van der Waals surface area (Å²) in [5, 5.41) is 4.41. The number of benzene rings is 8. The Bertz CT molecular complexity index is 2870. The van der Waals surface area contributed by atoms with Crippen molar-refractivity contribution in [1.29, 1.82) is 0 Å². The molecular formula is C50H38N2O2. The van der Waals surface area contributed by atoms with Gasteiger partial charge in [-0.2, -0.15) is 0 Å². The molecule has 0 amide bonds. The molecule has 0 saturated heterocycles. The first kappa shape index (κ1) is 31.9. The molecule has 0 atom stereocenters. The Balaban J connectivity index is 1.13. The van der Waals surface area contributed by atoms with Gasteiger partial charge in [-0.25, -0.2) is 0 Å². The van der Waals surface area contributed by atoms with Crippen LogP contribution in [-0.2, 0) is 0 Å². The number of anilines is 6. The average Bonchev–Trinajstić information content (AvgIpc) is 3.53. The second-order valence-electron chi connectivity index (χ2n) is 14.6. The molecule has 2 heterocycles. The Labute approximate surface area is 315 Å². The summed E-state index contributed by atoms with van der Waals surface area (Å²) in [5.41, 5.74) is 15.3. The molecule has 0 N–H and O–H groups in total. The van der Waals surface area contributed by atoms with Crippen molar-refractivity contribution in [3.8, 4) is 22.6 Å². The third kappa shape index (κ3) is 5.30. The molecule has 1 aliphatic rings. The highest BCUT2D eigenvalue weighted by Gasteiger charge is 2.26. The lowest BCUT2D eigenvalue weighted by atomic mass is 9.92. The SMILES string of the molecule is Cc1cc(C)cc(N(c2ccccc2)c2ccc3c(c2)Oc2cccc4c2c-3cc2oc3cc(N(c5ccccc5)c5cc(C)cc(C)c5)ccc3c24)c1. The zero-order valence-corrected chi connectivity index (χ0v) is 30.7. The van der Waals surface area contributed by atoms with E-state index >= 15 is 0 Å². The van der Waals surface area contributed by atoms with Crippen LogP contribution in [-0.4, -0.2) is 0 Å². The first-order valence-electron chi connectivity index (χ1n) is 18.5. The summed E-state index contributed by atoms with van der Waals surface area (Å²) in [4.78, 5) is 4.61. The number of ether oxygens (including phenoxy) is 1. The molecule has 4 heteroatoms. The smallest absolute Gasteiger partial charge is 0.137 e. The lowest BCUT2D eigenvalue weighted by Gasteiger charge is -2.28. The summed E-state index contributed by atoms with van der Waals surface area (Å²) in [6, 6.07) is 56.2. The van der Waals surface area contributed by atoms with Crippen molar-refractivity contribution < 1.29 is 9.15 Å². The molecule has 0 radical (unpaired) electrons. The highest BCUT2D eigenvalue weighted by molar-refractivity contribution is 6.24. The van der Waals surface area contributed by atoms with E-state index in [2.05, 4.69) is 195 Å². The van der Waals surface area contributed by atoms with Crippen LogP contribution in [0.3, 0.4) is 0 Å². The van der Waals surface area contributed by atoms with Gasteiger partial charge in [-0.05, 0) is 140 Å². The van der Waals surface area contributed by atoms with Crippen molar-refractivity contribution in [2.75, 3.05) is 9.80 Å². The molecule has 10 rings (SSSR count). The summed E-state index contributed by atoms with van der Waals surface area (Å²) in [7, 11) is 0. The maximum Gasteiger partial charge on any atom is 0.137 e. The molecule has 0 unspecified atom stereocenters. The first-order valence-corrected chi connectivity index (χ1v) is 18.5. The van der Waals surface area contributed by atoms with E-state index in [1.165, 1.54) is 22.3 Å². The Hall–Kier alpha value is -6.78. The van der Waals surface area contributed by atoms with E-state index in [-0.39, 0.29) is 0 Å². The topological polar surface area (TPSA) is 28.9 Å². The van der Waals surface area contributed by atoms with Gasteiger partial charge >= 0.3 is 0 Å². The van der Waals surface area contributed by atoms with E-state index in [1.807, 2.05) is 0 Å². The number of furan rings is 1. The summed E-state index contributed by atoms with van der Waals surface area (Å²) in [6.45, 7) is 8.60. The highest BCUT2D eigenvalue weighted by atomic mass is 16.5. The van der Waals surface area contributed by atoms with Crippen molar-refractivity contribution in [3.63, 3.8) is 0 Å². The Morgan fingerprint density at radius 3 is 1.54 bits per heavy atom. The zero-order chi connectivity index (χ0) is 36.5. The van der Waals surface area contributed by atoms with E-state index in [1.54, 1.807) is 0 Å². The molecule has 0 spiro atoms. The highest BCUT2D eigenvalue weighted by Crippen LogP contribution is 2.52. The molecule has 260 valence electrons. The maximum absolute atomic E-state index is 6.82. The van der Waals surface area contributed by atoms with Crippen molar-refractivity contribution in [3.05, 3.63) is 180 Å². The van der Waals surface area contributed by atoms with Gasteiger partial charge in [-0.1, -0.05) is 60.7 Å². The van der Waals surface area contributed by atoms with Gasteiger partial charge in [-0.3, -0.25) is 0 Å². The Morgan fingerprint density at radius 1 is 0.352 bits per heavy atom. The second-order valence-corrected chi connectivity index (χ2v) is 14.6. The lowest BCUT2D eigenvalue weighted by molar-refractivity contribution is 0.487. The minimum absolute atomic E-state index is 0.822. The maximum atomic E-state index is 6.82. The van der Waals surface area contributed by atoms with E-state index in [0.717, 1.165) is 89.5 Å². The van der Waals surface area contributed by atoms with Crippen LogP contribution in [0.5, 0.6) is 11.5 Å². The second kappa shape index (κ2) is 12.4. The van der Waals surface area contributed by atoms with Crippen LogP contribution in [0.25, 0.3) is 43.8 Å². The van der Waals surface area contributed by atoms with Crippen molar-refractivity contribution in [2.24, 2.45) is 0 Å². The van der Waals surface area contributed by atoms with Crippen LogP contribution in [0.1, 0.15) is 22.3 Å². The third-order valence-electron chi connectivity index (χ3n) is 10.5. The standard InChI is InChI=1S/C50H38N2O2/c1-31-22-32(2)25-39(24-31)51(35-12-7-5-8-13-35)37-18-20-41-44-30-48-49(43-16-11-17-45(50(43)44)53-46(41)28-37)42-21-19-38(29-47(42)54-48)52(36-14-9-6-10-15-36)40-26-33(3)23-34(4)27-40/h5-30H,1-4H3. The van der Waals surface area contributed by atoms with Crippen molar-refractivity contribution in [2.45, 2.75) is 27.7 Å². The van der Waals surface area contributed by atoms with Gasteiger partial charge in [0.15, 0.2) is 0 Å². The molecule has 1 aliphatic heterocycles. The van der Waals surface area contributed by atoms with Crippen LogP contribution < -0.4 is 14.5 Å². The van der Waals surface area contributed by atoms with E-state index in [4.69, 9.17) is 9.15 Å². The van der Waals surface area contributed by atoms with Gasteiger partial charge < -0.3 is 19.0 Å². The molecule has 8 aromatic carbocycles. The monoisotopic (exact) mass is 698 g/mol. The summed E-state index contributed by atoms with van der Waals surface area (Å²) < 4.78 is 13.6. The number of fused-ring (bicyclic) bond motifs is 6. The third-order valence-corrected chi connectivity index (χ3v) is 10.5. The predicted molar refractivity (Wildman–Crippen MR) is 225 cm³/mol. The lowest BCUT2D eigenvalue weighted by Crippen LogP contribution is -2.11. The van der Waals surface area contributed by atoms with Gasteiger partial charge in [0.1, 0.15) is 22.7 Å². The fraction of sp³-hybridized carbons (Fsp3) is 0.0800. The molecular weight excluding hydrogens is 661 g/mol. The fourth-order valence-corrected chi connectivity index (χ4v) is 8.42. The van der Waals surface area contributed by atoms with E-state index in [0.29, 0.717) is 0 Å². The minimum atomic E-state index is 0.822. The number of hydrogen-bond acceptors (Lipinski definition) is 4. The quantitative estimate of drug-likeness (QED) is 0.173. The van der Waals surface area contributed by atoms with Gasteiger partial charge in [0.25, 0.3) is 0 Å². The summed E-state index contributed by atoms with van der Waals surface area (Å²) in [5.74, 6) is 1.67. The van der Waals surface area contributed by atoms with Gasteiger partial charge in [0.2, 0.25) is 0 Å².